The number of Topliss-reactive ketones (excluding diaryl/α,β-unsaturated/α-hetero) is 1. The van der Waals surface area contributed by atoms with Crippen LogP contribution in [0.4, 0.5) is 33.5 Å². The van der Waals surface area contributed by atoms with Crippen molar-refractivity contribution in [3.05, 3.63) is 71.1 Å². The van der Waals surface area contributed by atoms with Crippen LogP contribution in [-0.4, -0.2) is 39.0 Å². The number of carbonyl (C=O) groups is 1. The largest absolute Gasteiger partial charge is 0.410 e. The summed E-state index contributed by atoms with van der Waals surface area (Å²) in [5.41, 5.74) is 6.28. The Hall–Kier alpha value is -3.44. The monoisotopic (exact) mass is 497 g/mol. The van der Waals surface area contributed by atoms with Crippen molar-refractivity contribution in [2.24, 2.45) is 5.73 Å². The molecule has 0 amide bonds. The standard InChI is InChI=1S/C22H17ClF5N5O/c23-15-6-5-14(9-16(15)25)30-21-19(12-1-3-13(24)4-2-12)31-18-11-32(7-8-33(18)21)10-17(34)20(29)22(26,27)28/h1-9,20,30H,10-11,29H2. The molecule has 12 heteroatoms. The summed E-state index contributed by atoms with van der Waals surface area (Å²) >= 11 is 5.75. The fraction of sp³-hybridized carbons (Fsp3) is 0.182. The molecule has 3 aromatic rings. The number of nitrogens with one attached hydrogen (secondary N) is 1. The number of aromatic nitrogens is 2. The fourth-order valence-corrected chi connectivity index (χ4v) is 3.49. The van der Waals surface area contributed by atoms with Crippen molar-refractivity contribution in [2.75, 3.05) is 11.9 Å². The van der Waals surface area contributed by atoms with Gasteiger partial charge >= 0.3 is 6.18 Å². The molecule has 0 fully saturated rings. The molecule has 1 aliphatic heterocycles. The Morgan fingerprint density at radius 3 is 2.50 bits per heavy atom. The smallest absolute Gasteiger partial charge is 0.361 e. The van der Waals surface area contributed by atoms with Crippen LogP contribution < -0.4 is 11.1 Å². The number of carbonyl (C=O) groups excluding carboxylic acids is 1. The lowest BCUT2D eigenvalue weighted by atomic mass is 10.1. The van der Waals surface area contributed by atoms with Crippen LogP contribution in [0.25, 0.3) is 17.5 Å². The molecule has 2 aromatic carbocycles. The third-order valence-corrected chi connectivity index (χ3v) is 5.42. The van der Waals surface area contributed by atoms with Gasteiger partial charge in [0.2, 0.25) is 0 Å². The van der Waals surface area contributed by atoms with Gasteiger partial charge in [0.15, 0.2) is 11.8 Å². The van der Waals surface area contributed by atoms with E-state index in [1.807, 2.05) is 0 Å². The summed E-state index contributed by atoms with van der Waals surface area (Å²) in [7, 11) is 0. The summed E-state index contributed by atoms with van der Waals surface area (Å²) in [6.45, 7) is -0.571. The van der Waals surface area contributed by atoms with Gasteiger partial charge in [0.25, 0.3) is 0 Å². The van der Waals surface area contributed by atoms with E-state index in [2.05, 4.69) is 10.3 Å². The molecule has 34 heavy (non-hydrogen) atoms. The van der Waals surface area contributed by atoms with Gasteiger partial charge in [-0.2, -0.15) is 13.2 Å². The van der Waals surface area contributed by atoms with Crippen LogP contribution >= 0.6 is 11.6 Å². The molecule has 2 heterocycles. The van der Waals surface area contributed by atoms with Gasteiger partial charge in [0.1, 0.15) is 29.0 Å². The highest BCUT2D eigenvalue weighted by molar-refractivity contribution is 6.30. The van der Waals surface area contributed by atoms with Crippen molar-refractivity contribution in [3.63, 3.8) is 0 Å². The Bertz CT molecular complexity index is 1260. The Labute approximate surface area is 195 Å². The first-order valence-corrected chi connectivity index (χ1v) is 10.3. The normalized spacial score (nSPS) is 14.1. The number of hydrogen-bond donors (Lipinski definition) is 2. The topological polar surface area (TPSA) is 76.2 Å². The van der Waals surface area contributed by atoms with Gasteiger partial charge < -0.3 is 16.0 Å². The first kappa shape index (κ1) is 23.7. The number of benzene rings is 2. The lowest BCUT2D eigenvalue weighted by Gasteiger charge is -2.25. The molecular formula is C22H17ClF5N5O. The maximum absolute atomic E-state index is 14.0. The van der Waals surface area contributed by atoms with Crippen LogP contribution in [0.3, 0.4) is 0 Å². The summed E-state index contributed by atoms with van der Waals surface area (Å²) in [5.74, 6) is -1.50. The van der Waals surface area contributed by atoms with E-state index in [-0.39, 0.29) is 11.6 Å². The van der Waals surface area contributed by atoms with E-state index < -0.39 is 36.2 Å². The third kappa shape index (κ3) is 4.90. The Kier molecular flexibility index (Phi) is 6.32. The van der Waals surface area contributed by atoms with Crippen molar-refractivity contribution >= 4 is 35.1 Å². The molecule has 178 valence electrons. The number of anilines is 2. The van der Waals surface area contributed by atoms with E-state index in [0.29, 0.717) is 28.6 Å². The summed E-state index contributed by atoms with van der Waals surface area (Å²) in [6.07, 6.45) is -1.91. The predicted molar refractivity (Wildman–Crippen MR) is 117 cm³/mol. The second-order valence-corrected chi connectivity index (χ2v) is 7.95. The van der Waals surface area contributed by atoms with Crippen molar-refractivity contribution in [1.29, 1.82) is 0 Å². The molecule has 0 bridgehead atoms. The zero-order chi connectivity index (χ0) is 24.6. The number of fused-ring (bicyclic) bond motifs is 1. The van der Waals surface area contributed by atoms with Crippen molar-refractivity contribution in [2.45, 2.75) is 18.8 Å². The van der Waals surface area contributed by atoms with E-state index in [1.54, 1.807) is 10.6 Å². The van der Waals surface area contributed by atoms with Gasteiger partial charge in [-0.3, -0.25) is 9.36 Å². The summed E-state index contributed by atoms with van der Waals surface area (Å²) in [5, 5.41) is 3.00. The number of halogens is 6. The second-order valence-electron chi connectivity index (χ2n) is 7.54. The lowest BCUT2D eigenvalue weighted by molar-refractivity contribution is -0.161. The van der Waals surface area contributed by atoms with E-state index >= 15 is 0 Å². The Balaban J connectivity index is 1.67. The van der Waals surface area contributed by atoms with Gasteiger partial charge in [-0.25, -0.2) is 13.8 Å². The summed E-state index contributed by atoms with van der Waals surface area (Å²) in [4.78, 5) is 17.8. The Morgan fingerprint density at radius 1 is 1.15 bits per heavy atom. The minimum absolute atomic E-state index is 0.00231. The third-order valence-electron chi connectivity index (χ3n) is 5.11. The average Bonchev–Trinajstić information content (AvgIpc) is 3.13. The van der Waals surface area contributed by atoms with Gasteiger partial charge in [-0.05, 0) is 42.5 Å². The van der Waals surface area contributed by atoms with Crippen LogP contribution in [0.2, 0.25) is 5.02 Å². The van der Waals surface area contributed by atoms with Crippen LogP contribution in [0.15, 0.2) is 48.7 Å². The van der Waals surface area contributed by atoms with E-state index in [1.165, 1.54) is 53.7 Å². The molecule has 0 saturated heterocycles. The number of nitrogens with two attached hydrogens (primary N) is 1. The highest BCUT2D eigenvalue weighted by atomic mass is 35.5. The van der Waals surface area contributed by atoms with Crippen LogP contribution in [-0.2, 0) is 11.3 Å². The SMILES string of the molecule is NC(C(=O)CN1C=Cn2c(nc(-c3ccc(F)cc3)c2Nc2ccc(Cl)c(F)c2)C1)C(F)(F)F. The van der Waals surface area contributed by atoms with Gasteiger partial charge in [0, 0.05) is 23.7 Å². The number of ketones is 1. The zero-order valence-electron chi connectivity index (χ0n) is 17.3. The second kappa shape index (κ2) is 9.07. The van der Waals surface area contributed by atoms with E-state index in [4.69, 9.17) is 17.3 Å². The number of rotatable bonds is 6. The summed E-state index contributed by atoms with van der Waals surface area (Å²) in [6, 6.07) is 7.03. The van der Waals surface area contributed by atoms with Gasteiger partial charge in [0.05, 0.1) is 18.1 Å². The number of imidazole rings is 1. The fourth-order valence-electron chi connectivity index (χ4n) is 3.38. The number of hydrogen-bond acceptors (Lipinski definition) is 5. The number of alkyl halides is 3. The molecule has 1 aliphatic rings. The maximum atomic E-state index is 14.0. The van der Waals surface area contributed by atoms with Crippen molar-refractivity contribution in [1.82, 2.24) is 14.5 Å². The molecule has 4 rings (SSSR count). The van der Waals surface area contributed by atoms with E-state index in [0.717, 1.165) is 0 Å². The van der Waals surface area contributed by atoms with Crippen LogP contribution in [0, 0.1) is 11.6 Å². The highest BCUT2D eigenvalue weighted by Gasteiger charge is 2.42. The first-order valence-electron chi connectivity index (χ1n) is 9.89. The van der Waals surface area contributed by atoms with Gasteiger partial charge in [-0.15, -0.1) is 0 Å². The molecule has 0 aliphatic carbocycles. The molecule has 0 radical (unpaired) electrons. The van der Waals surface area contributed by atoms with Crippen LogP contribution in [0.5, 0.6) is 0 Å². The Morgan fingerprint density at radius 2 is 1.85 bits per heavy atom. The minimum atomic E-state index is -4.84. The quantitative estimate of drug-likeness (QED) is 0.472. The molecule has 1 aromatic heterocycles. The molecule has 0 spiro atoms. The van der Waals surface area contributed by atoms with Crippen molar-refractivity contribution in [3.8, 4) is 11.3 Å². The number of nitrogens with zero attached hydrogens (tertiary/aromatic N) is 3. The molecular weight excluding hydrogens is 481 g/mol. The summed E-state index contributed by atoms with van der Waals surface area (Å²) < 4.78 is 67.3. The zero-order valence-corrected chi connectivity index (χ0v) is 18.0. The molecule has 6 nitrogen and oxygen atoms in total. The van der Waals surface area contributed by atoms with E-state index in [9.17, 15) is 26.7 Å². The minimum Gasteiger partial charge on any atom is -0.361 e. The molecule has 3 N–H and O–H groups in total. The maximum Gasteiger partial charge on any atom is 0.410 e. The average molecular weight is 498 g/mol. The predicted octanol–water partition coefficient (Wildman–Crippen LogP) is 4.93. The van der Waals surface area contributed by atoms with Gasteiger partial charge in [-0.1, -0.05) is 11.6 Å². The lowest BCUT2D eigenvalue weighted by Crippen LogP contribution is -2.48. The molecule has 0 saturated carbocycles. The molecule has 1 atom stereocenters. The first-order chi connectivity index (χ1) is 16.0. The highest BCUT2D eigenvalue weighted by Crippen LogP contribution is 2.34. The van der Waals surface area contributed by atoms with Crippen LogP contribution in [0.1, 0.15) is 5.82 Å². The molecule has 1 unspecified atom stereocenters. The van der Waals surface area contributed by atoms with Crippen molar-refractivity contribution < 1.29 is 26.7 Å².